The number of amides is 1. The third-order valence-electron chi connectivity index (χ3n) is 6.09. The van der Waals surface area contributed by atoms with Gasteiger partial charge in [0.15, 0.2) is 5.78 Å². The summed E-state index contributed by atoms with van der Waals surface area (Å²) in [7, 11) is 0. The zero-order valence-corrected chi connectivity index (χ0v) is 15.7. The van der Waals surface area contributed by atoms with Gasteiger partial charge in [-0.2, -0.15) is 0 Å². The van der Waals surface area contributed by atoms with Gasteiger partial charge in [0.2, 0.25) is 0 Å². The zero-order chi connectivity index (χ0) is 18.5. The minimum absolute atomic E-state index is 0.0136. The highest BCUT2D eigenvalue weighted by atomic mass is 35.5. The summed E-state index contributed by atoms with van der Waals surface area (Å²) in [6.45, 7) is 0. The maximum Gasteiger partial charge on any atom is 0.260 e. The zero-order valence-electron chi connectivity index (χ0n) is 15.0. The van der Waals surface area contributed by atoms with Gasteiger partial charge in [0, 0.05) is 16.3 Å². The van der Waals surface area contributed by atoms with Crippen LogP contribution >= 0.6 is 11.6 Å². The molecule has 0 radical (unpaired) electrons. The fourth-order valence-corrected chi connectivity index (χ4v) is 4.99. The van der Waals surface area contributed by atoms with E-state index in [1.165, 1.54) is 19.3 Å². The number of rotatable bonds is 2. The molecule has 0 N–H and O–H groups in total. The summed E-state index contributed by atoms with van der Waals surface area (Å²) in [5.74, 6) is 0.294. The predicted molar refractivity (Wildman–Crippen MR) is 108 cm³/mol. The monoisotopic (exact) mass is 377 g/mol. The number of ketones is 1. The molecule has 1 saturated carbocycles. The number of fused-ring (bicyclic) bond motifs is 1. The molecule has 3 nitrogen and oxygen atoms in total. The summed E-state index contributed by atoms with van der Waals surface area (Å²) < 4.78 is 0. The summed E-state index contributed by atoms with van der Waals surface area (Å²) in [5, 5.41) is 0.555. The number of hydrogen-bond acceptors (Lipinski definition) is 2. The smallest absolute Gasteiger partial charge is 0.260 e. The van der Waals surface area contributed by atoms with Crippen molar-refractivity contribution in [3.05, 3.63) is 69.8 Å². The van der Waals surface area contributed by atoms with Gasteiger partial charge in [0.1, 0.15) is 6.04 Å². The Labute approximate surface area is 163 Å². The minimum atomic E-state index is -0.586. The molecule has 5 rings (SSSR count). The van der Waals surface area contributed by atoms with Gasteiger partial charge in [-0.15, -0.1) is 0 Å². The number of carbonyl (C=O) groups excluding carboxylic acids is 2. The first kappa shape index (κ1) is 16.8. The van der Waals surface area contributed by atoms with Crippen molar-refractivity contribution >= 4 is 35.1 Å². The van der Waals surface area contributed by atoms with E-state index in [1.54, 1.807) is 17.0 Å². The largest absolute Gasteiger partial charge is 0.294 e. The molecular weight excluding hydrogens is 358 g/mol. The van der Waals surface area contributed by atoms with Crippen LogP contribution in [0.2, 0.25) is 5.02 Å². The molecule has 1 fully saturated rings. The van der Waals surface area contributed by atoms with E-state index in [4.69, 9.17) is 11.6 Å². The first-order valence-electron chi connectivity index (χ1n) is 9.63. The number of halogens is 1. The molecule has 2 aliphatic carbocycles. The van der Waals surface area contributed by atoms with Gasteiger partial charge in [-0.25, -0.2) is 0 Å². The van der Waals surface area contributed by atoms with E-state index in [0.29, 0.717) is 27.8 Å². The van der Waals surface area contributed by atoms with Gasteiger partial charge in [-0.1, -0.05) is 61.2 Å². The van der Waals surface area contributed by atoms with Crippen LogP contribution in [0.1, 0.15) is 69.9 Å². The molecule has 1 heterocycles. The second-order valence-corrected chi connectivity index (χ2v) is 8.09. The lowest BCUT2D eigenvalue weighted by atomic mass is 9.75. The molecule has 0 saturated heterocycles. The molecule has 27 heavy (non-hydrogen) atoms. The highest BCUT2D eigenvalue weighted by molar-refractivity contribution is 6.31. The van der Waals surface area contributed by atoms with Crippen molar-refractivity contribution in [2.75, 3.05) is 4.90 Å². The molecule has 1 aliphatic heterocycles. The normalized spacial score (nSPS) is 21.7. The lowest BCUT2D eigenvalue weighted by molar-refractivity contribution is 0.0883. The summed E-state index contributed by atoms with van der Waals surface area (Å²) in [5.41, 5.74) is 3.82. The van der Waals surface area contributed by atoms with Crippen LogP contribution in [-0.2, 0) is 0 Å². The van der Waals surface area contributed by atoms with Crippen LogP contribution in [0.3, 0.4) is 0 Å². The van der Waals surface area contributed by atoms with Crippen molar-refractivity contribution in [1.82, 2.24) is 0 Å². The van der Waals surface area contributed by atoms with Crippen LogP contribution in [0.5, 0.6) is 0 Å². The number of nitrogens with zero attached hydrogens (tertiary/aromatic N) is 1. The van der Waals surface area contributed by atoms with Crippen LogP contribution in [0.25, 0.3) is 6.08 Å². The Morgan fingerprint density at radius 3 is 2.56 bits per heavy atom. The SMILES string of the molecule is O=C1c2c3ccc(C4CCCCC4)c2C(=O)N(c2cccc(Cl)c2)C1C=C3. The Morgan fingerprint density at radius 2 is 1.78 bits per heavy atom. The Hall–Kier alpha value is -2.39. The third-order valence-corrected chi connectivity index (χ3v) is 6.32. The van der Waals surface area contributed by atoms with Crippen molar-refractivity contribution in [1.29, 1.82) is 0 Å². The lowest BCUT2D eigenvalue weighted by Gasteiger charge is -2.38. The number of Topliss-reactive ketones (excluding diaryl/α,β-unsaturated/α-hetero) is 1. The van der Waals surface area contributed by atoms with Gasteiger partial charge < -0.3 is 0 Å². The van der Waals surface area contributed by atoms with Crippen LogP contribution in [-0.4, -0.2) is 17.7 Å². The second-order valence-electron chi connectivity index (χ2n) is 7.65. The number of hydrogen-bond donors (Lipinski definition) is 0. The molecule has 1 unspecified atom stereocenters. The Kier molecular flexibility index (Phi) is 3.94. The highest BCUT2D eigenvalue weighted by Gasteiger charge is 2.43. The highest BCUT2D eigenvalue weighted by Crippen LogP contribution is 2.42. The second kappa shape index (κ2) is 6.35. The van der Waals surface area contributed by atoms with Crippen molar-refractivity contribution in [3.8, 4) is 0 Å². The molecule has 0 aromatic heterocycles. The predicted octanol–water partition coefficient (Wildman–Crippen LogP) is 5.63. The molecule has 2 bridgehead atoms. The van der Waals surface area contributed by atoms with Gasteiger partial charge in [0.05, 0.1) is 5.56 Å². The van der Waals surface area contributed by atoms with E-state index in [2.05, 4.69) is 6.07 Å². The van der Waals surface area contributed by atoms with E-state index in [9.17, 15) is 9.59 Å². The molecule has 136 valence electrons. The van der Waals surface area contributed by atoms with E-state index in [0.717, 1.165) is 24.0 Å². The molecule has 3 aliphatic rings. The van der Waals surface area contributed by atoms with Crippen LogP contribution < -0.4 is 4.90 Å². The van der Waals surface area contributed by atoms with E-state index in [1.807, 2.05) is 30.4 Å². The molecule has 1 amide bonds. The molecule has 0 spiro atoms. The van der Waals surface area contributed by atoms with Crippen molar-refractivity contribution in [3.63, 3.8) is 0 Å². The number of anilines is 1. The van der Waals surface area contributed by atoms with Crippen LogP contribution in [0.15, 0.2) is 42.5 Å². The summed E-state index contributed by atoms with van der Waals surface area (Å²) in [6, 6.07) is 10.7. The molecule has 4 heteroatoms. The Morgan fingerprint density at radius 1 is 0.963 bits per heavy atom. The van der Waals surface area contributed by atoms with Crippen molar-refractivity contribution < 1.29 is 9.59 Å². The van der Waals surface area contributed by atoms with E-state index < -0.39 is 6.04 Å². The van der Waals surface area contributed by atoms with Gasteiger partial charge in [0.25, 0.3) is 5.91 Å². The quantitative estimate of drug-likeness (QED) is 0.680. The first-order valence-corrected chi connectivity index (χ1v) is 10.0. The van der Waals surface area contributed by atoms with E-state index >= 15 is 0 Å². The lowest BCUT2D eigenvalue weighted by Crippen LogP contribution is -2.51. The van der Waals surface area contributed by atoms with E-state index in [-0.39, 0.29) is 11.7 Å². The average molecular weight is 378 g/mol. The Balaban J connectivity index is 1.70. The maximum atomic E-state index is 13.6. The average Bonchev–Trinajstić information content (AvgIpc) is 2.69. The first-order chi connectivity index (χ1) is 13.1. The standard InChI is InChI=1S/C23H20ClNO2/c24-16-7-4-8-17(13-16)25-19-12-10-15-9-11-18(14-5-2-1-3-6-14)21(23(25)27)20(15)22(19)26/h4,7-14,19H,1-3,5-6H2. The van der Waals surface area contributed by atoms with Crippen molar-refractivity contribution in [2.45, 2.75) is 44.1 Å². The molecule has 2 aromatic carbocycles. The Bertz CT molecular complexity index is 988. The van der Waals surface area contributed by atoms with Gasteiger partial charge in [-0.3, -0.25) is 14.5 Å². The maximum absolute atomic E-state index is 13.6. The van der Waals surface area contributed by atoms with Gasteiger partial charge >= 0.3 is 0 Å². The minimum Gasteiger partial charge on any atom is -0.294 e. The summed E-state index contributed by atoms with van der Waals surface area (Å²) >= 11 is 6.16. The molecule has 2 aromatic rings. The van der Waals surface area contributed by atoms with Crippen LogP contribution in [0.4, 0.5) is 5.69 Å². The van der Waals surface area contributed by atoms with Gasteiger partial charge in [-0.05, 0) is 48.1 Å². The number of carbonyl (C=O) groups is 2. The summed E-state index contributed by atoms with van der Waals surface area (Å²) in [4.78, 5) is 28.5. The summed E-state index contributed by atoms with van der Waals surface area (Å²) in [6.07, 6.45) is 9.59. The number of benzene rings is 2. The topological polar surface area (TPSA) is 37.4 Å². The third kappa shape index (κ3) is 2.56. The fourth-order valence-electron chi connectivity index (χ4n) is 4.81. The van der Waals surface area contributed by atoms with Crippen molar-refractivity contribution in [2.24, 2.45) is 0 Å². The fraction of sp³-hybridized carbons (Fsp3) is 0.304. The molecular formula is C23H20ClNO2. The van der Waals surface area contributed by atoms with Crippen LogP contribution in [0, 0.1) is 0 Å². The molecule has 1 atom stereocenters.